The minimum Gasteiger partial charge on any atom is -0.463 e. The molecule has 1 heterocycles. The summed E-state index contributed by atoms with van der Waals surface area (Å²) < 4.78 is 5.00. The van der Waals surface area contributed by atoms with Gasteiger partial charge in [-0.25, -0.2) is 0 Å². The van der Waals surface area contributed by atoms with Crippen molar-refractivity contribution >= 4 is 34.8 Å². The van der Waals surface area contributed by atoms with Gasteiger partial charge in [-0.15, -0.1) is 11.3 Å². The Kier molecular flexibility index (Phi) is 6.71. The third-order valence-electron chi connectivity index (χ3n) is 3.11. The average Bonchev–Trinajstić information content (AvgIpc) is 3.09. The van der Waals surface area contributed by atoms with Crippen LogP contribution in [0.1, 0.15) is 40.3 Å². The van der Waals surface area contributed by atoms with Crippen LogP contribution in [0.2, 0.25) is 0 Å². The molecule has 0 aliphatic heterocycles. The molecule has 25 heavy (non-hydrogen) atoms. The molecular formula is C18H20N2O4S. The third kappa shape index (κ3) is 6.04. The van der Waals surface area contributed by atoms with Crippen LogP contribution in [-0.4, -0.2) is 30.4 Å². The first kappa shape index (κ1) is 18.7. The largest absolute Gasteiger partial charge is 0.463 e. The Morgan fingerprint density at radius 1 is 1.12 bits per heavy atom. The van der Waals surface area contributed by atoms with E-state index in [0.29, 0.717) is 16.1 Å². The zero-order valence-corrected chi connectivity index (χ0v) is 14.9. The predicted molar refractivity (Wildman–Crippen MR) is 96.9 cm³/mol. The summed E-state index contributed by atoms with van der Waals surface area (Å²) in [6.07, 6.45) is -0.0644. The molecule has 1 aromatic carbocycles. The van der Waals surface area contributed by atoms with Crippen LogP contribution < -0.4 is 10.6 Å². The maximum atomic E-state index is 12.1. The van der Waals surface area contributed by atoms with Gasteiger partial charge in [-0.05, 0) is 43.5 Å². The number of benzene rings is 1. The summed E-state index contributed by atoms with van der Waals surface area (Å²) in [6.45, 7) is 3.73. The summed E-state index contributed by atoms with van der Waals surface area (Å²) >= 11 is 1.34. The lowest BCUT2D eigenvalue weighted by atomic mass is 10.2. The zero-order valence-electron chi connectivity index (χ0n) is 14.1. The topological polar surface area (TPSA) is 84.5 Å². The standard InChI is InChI=1S/C18H20N2O4S/c1-12(2)24-16(21)8-9-19-17(22)13-5-3-6-14(11-13)20-18(23)15-7-4-10-25-15/h3-7,10-12H,8-9H2,1-2H3,(H,19,22)(H,20,23). The van der Waals surface area contributed by atoms with Gasteiger partial charge in [0.25, 0.3) is 11.8 Å². The normalized spacial score (nSPS) is 10.4. The van der Waals surface area contributed by atoms with E-state index >= 15 is 0 Å². The van der Waals surface area contributed by atoms with Gasteiger partial charge < -0.3 is 15.4 Å². The molecule has 1 aromatic heterocycles. The zero-order chi connectivity index (χ0) is 18.2. The molecule has 0 bridgehead atoms. The fourth-order valence-corrected chi connectivity index (χ4v) is 2.66. The molecular weight excluding hydrogens is 340 g/mol. The van der Waals surface area contributed by atoms with Gasteiger partial charge in [-0.1, -0.05) is 12.1 Å². The quantitative estimate of drug-likeness (QED) is 0.743. The highest BCUT2D eigenvalue weighted by molar-refractivity contribution is 7.12. The number of nitrogens with one attached hydrogen (secondary N) is 2. The van der Waals surface area contributed by atoms with Crippen molar-refractivity contribution < 1.29 is 19.1 Å². The van der Waals surface area contributed by atoms with Crippen LogP contribution in [0, 0.1) is 0 Å². The van der Waals surface area contributed by atoms with E-state index in [0.717, 1.165) is 0 Å². The lowest BCUT2D eigenvalue weighted by molar-refractivity contribution is -0.147. The second-order valence-corrected chi connectivity index (χ2v) is 6.50. The van der Waals surface area contributed by atoms with Gasteiger partial charge in [-0.3, -0.25) is 14.4 Å². The van der Waals surface area contributed by atoms with Gasteiger partial charge in [0, 0.05) is 17.8 Å². The van der Waals surface area contributed by atoms with Crippen LogP contribution in [0.5, 0.6) is 0 Å². The number of hydrogen-bond donors (Lipinski definition) is 2. The van der Waals surface area contributed by atoms with E-state index in [1.54, 1.807) is 50.2 Å². The first-order valence-corrected chi connectivity index (χ1v) is 8.76. The number of esters is 1. The van der Waals surface area contributed by atoms with Crippen molar-refractivity contribution in [3.05, 3.63) is 52.2 Å². The Balaban J connectivity index is 1.88. The molecule has 6 nitrogen and oxygen atoms in total. The highest BCUT2D eigenvalue weighted by Crippen LogP contribution is 2.15. The Labute approximate surface area is 150 Å². The van der Waals surface area contributed by atoms with Crippen molar-refractivity contribution in [3.8, 4) is 0 Å². The van der Waals surface area contributed by atoms with Crippen molar-refractivity contribution in [2.24, 2.45) is 0 Å². The summed E-state index contributed by atoms with van der Waals surface area (Å²) in [7, 11) is 0. The minimum atomic E-state index is -0.354. The number of thiophene rings is 1. The monoisotopic (exact) mass is 360 g/mol. The van der Waals surface area contributed by atoms with Gasteiger partial charge in [0.2, 0.25) is 0 Å². The molecule has 0 fully saturated rings. The summed E-state index contributed by atoms with van der Waals surface area (Å²) in [5.74, 6) is -0.888. The molecule has 2 N–H and O–H groups in total. The van der Waals surface area contributed by atoms with Crippen LogP contribution >= 0.6 is 11.3 Å². The number of carbonyl (C=O) groups excluding carboxylic acids is 3. The maximum Gasteiger partial charge on any atom is 0.307 e. The van der Waals surface area contributed by atoms with Crippen molar-refractivity contribution in [3.63, 3.8) is 0 Å². The molecule has 0 unspecified atom stereocenters. The first-order valence-electron chi connectivity index (χ1n) is 7.88. The Morgan fingerprint density at radius 2 is 1.92 bits per heavy atom. The van der Waals surface area contributed by atoms with Gasteiger partial charge in [-0.2, -0.15) is 0 Å². The number of rotatable bonds is 7. The molecule has 0 saturated carbocycles. The second-order valence-electron chi connectivity index (χ2n) is 5.56. The Morgan fingerprint density at radius 3 is 2.60 bits per heavy atom. The SMILES string of the molecule is CC(C)OC(=O)CCNC(=O)c1cccc(NC(=O)c2cccs2)c1. The van der Waals surface area contributed by atoms with E-state index in [1.165, 1.54) is 11.3 Å². The molecule has 2 rings (SSSR count). The molecule has 0 saturated heterocycles. The van der Waals surface area contributed by atoms with Crippen molar-refractivity contribution in [1.29, 1.82) is 0 Å². The molecule has 0 aliphatic carbocycles. The molecule has 0 atom stereocenters. The molecule has 0 spiro atoms. The van der Waals surface area contributed by atoms with Gasteiger partial charge in [0.05, 0.1) is 17.4 Å². The summed E-state index contributed by atoms with van der Waals surface area (Å²) in [5, 5.41) is 7.24. The average molecular weight is 360 g/mol. The Hall–Kier alpha value is -2.67. The van der Waals surface area contributed by atoms with Crippen molar-refractivity contribution in [2.45, 2.75) is 26.4 Å². The second kappa shape index (κ2) is 8.98. The highest BCUT2D eigenvalue weighted by Gasteiger charge is 2.11. The van der Waals surface area contributed by atoms with Gasteiger partial charge in [0.1, 0.15) is 0 Å². The van der Waals surface area contributed by atoms with E-state index < -0.39 is 0 Å². The number of amides is 2. The smallest absolute Gasteiger partial charge is 0.307 e. The number of ether oxygens (including phenoxy) is 1. The van der Waals surface area contributed by atoms with Crippen LogP contribution in [0.15, 0.2) is 41.8 Å². The van der Waals surface area contributed by atoms with Gasteiger partial charge >= 0.3 is 5.97 Å². The molecule has 0 aliphatic rings. The van der Waals surface area contributed by atoms with Crippen LogP contribution in [0.4, 0.5) is 5.69 Å². The summed E-state index contributed by atoms with van der Waals surface area (Å²) in [6, 6.07) is 10.2. The van der Waals surface area contributed by atoms with Crippen LogP contribution in [0.25, 0.3) is 0 Å². The van der Waals surface area contributed by atoms with E-state index in [9.17, 15) is 14.4 Å². The van der Waals surface area contributed by atoms with E-state index in [2.05, 4.69) is 10.6 Å². The summed E-state index contributed by atoms with van der Waals surface area (Å²) in [4.78, 5) is 36.2. The number of anilines is 1. The fraction of sp³-hybridized carbons (Fsp3) is 0.278. The van der Waals surface area contributed by atoms with Gasteiger partial charge in [0.15, 0.2) is 0 Å². The van der Waals surface area contributed by atoms with E-state index in [4.69, 9.17) is 4.74 Å². The maximum absolute atomic E-state index is 12.1. The number of carbonyl (C=O) groups is 3. The predicted octanol–water partition coefficient (Wildman–Crippen LogP) is 3.07. The lowest BCUT2D eigenvalue weighted by Crippen LogP contribution is -2.27. The highest BCUT2D eigenvalue weighted by atomic mass is 32.1. The van der Waals surface area contributed by atoms with Crippen molar-refractivity contribution in [2.75, 3.05) is 11.9 Å². The minimum absolute atomic E-state index is 0.110. The summed E-state index contributed by atoms with van der Waals surface area (Å²) in [5.41, 5.74) is 0.937. The van der Waals surface area contributed by atoms with Crippen molar-refractivity contribution in [1.82, 2.24) is 5.32 Å². The lowest BCUT2D eigenvalue weighted by Gasteiger charge is -2.09. The Bertz CT molecular complexity index is 741. The molecule has 2 amide bonds. The van der Waals surface area contributed by atoms with E-state index in [-0.39, 0.29) is 36.9 Å². The molecule has 7 heteroatoms. The molecule has 0 radical (unpaired) electrons. The van der Waals surface area contributed by atoms with Crippen LogP contribution in [-0.2, 0) is 9.53 Å². The molecule has 132 valence electrons. The third-order valence-corrected chi connectivity index (χ3v) is 3.98. The fourth-order valence-electron chi connectivity index (χ4n) is 2.04. The van der Waals surface area contributed by atoms with E-state index in [1.807, 2.05) is 5.38 Å². The molecule has 2 aromatic rings. The first-order chi connectivity index (χ1) is 12.0. The van der Waals surface area contributed by atoms with Crippen LogP contribution in [0.3, 0.4) is 0 Å². The number of hydrogen-bond acceptors (Lipinski definition) is 5.